The zero-order chi connectivity index (χ0) is 17.2. The van der Waals surface area contributed by atoms with Gasteiger partial charge in [0.25, 0.3) is 0 Å². The zero-order valence-corrected chi connectivity index (χ0v) is 15.3. The molecular weight excluding hydrogens is 280 g/mol. The molecule has 1 heteroatoms. The SMILES string of the molecule is Cc1cc(C(C)(C)C)c2c3c(cc(C(C)(C)C)cc13)C(=O)C=C2. The molecule has 0 radical (unpaired) electrons. The molecule has 0 amide bonds. The summed E-state index contributed by atoms with van der Waals surface area (Å²) >= 11 is 0. The predicted octanol–water partition coefficient (Wildman–Crippen LogP) is 5.95. The fourth-order valence-electron chi connectivity index (χ4n) is 3.42. The molecule has 0 saturated heterocycles. The van der Waals surface area contributed by atoms with Crippen LogP contribution in [-0.4, -0.2) is 5.78 Å². The lowest BCUT2D eigenvalue weighted by Gasteiger charge is -2.28. The maximum Gasteiger partial charge on any atom is 0.186 e. The molecule has 1 nitrogen and oxygen atoms in total. The van der Waals surface area contributed by atoms with E-state index in [2.05, 4.69) is 66.7 Å². The van der Waals surface area contributed by atoms with Gasteiger partial charge in [0.15, 0.2) is 5.78 Å². The summed E-state index contributed by atoms with van der Waals surface area (Å²) in [5.41, 5.74) is 5.95. The second-order valence-electron chi connectivity index (χ2n) is 8.80. The Morgan fingerprint density at radius 1 is 0.826 bits per heavy atom. The summed E-state index contributed by atoms with van der Waals surface area (Å²) < 4.78 is 0. The number of ketones is 1. The molecule has 120 valence electrons. The number of aryl methyl sites for hydroxylation is 1. The minimum absolute atomic E-state index is 0.0292. The van der Waals surface area contributed by atoms with Gasteiger partial charge in [-0.3, -0.25) is 4.79 Å². The molecule has 0 saturated carbocycles. The van der Waals surface area contributed by atoms with Crippen LogP contribution in [0.25, 0.3) is 16.8 Å². The van der Waals surface area contributed by atoms with Crippen molar-refractivity contribution in [3.8, 4) is 0 Å². The van der Waals surface area contributed by atoms with Crippen molar-refractivity contribution in [3.63, 3.8) is 0 Å². The summed E-state index contributed by atoms with van der Waals surface area (Å²) in [5.74, 6) is 0.124. The summed E-state index contributed by atoms with van der Waals surface area (Å²) in [7, 11) is 0. The maximum absolute atomic E-state index is 12.5. The molecule has 0 fully saturated rings. The van der Waals surface area contributed by atoms with Crippen molar-refractivity contribution >= 4 is 22.6 Å². The smallest absolute Gasteiger partial charge is 0.186 e. The fraction of sp³-hybridized carbons (Fsp3) is 0.409. The summed E-state index contributed by atoms with van der Waals surface area (Å²) in [6.07, 6.45) is 3.74. The molecule has 0 unspecified atom stereocenters. The summed E-state index contributed by atoms with van der Waals surface area (Å²) in [6.45, 7) is 15.5. The first-order chi connectivity index (χ1) is 10.5. The third-order valence-electron chi connectivity index (χ3n) is 4.82. The second kappa shape index (κ2) is 4.80. The van der Waals surface area contributed by atoms with E-state index in [1.165, 1.54) is 27.6 Å². The topological polar surface area (TPSA) is 17.1 Å². The van der Waals surface area contributed by atoms with E-state index < -0.39 is 0 Å². The summed E-state index contributed by atoms with van der Waals surface area (Å²) in [6, 6.07) is 6.67. The van der Waals surface area contributed by atoms with Crippen LogP contribution in [0.2, 0.25) is 0 Å². The van der Waals surface area contributed by atoms with Crippen molar-refractivity contribution in [2.24, 2.45) is 0 Å². The zero-order valence-electron chi connectivity index (χ0n) is 15.3. The average Bonchev–Trinajstić information content (AvgIpc) is 2.42. The third-order valence-corrected chi connectivity index (χ3v) is 4.82. The van der Waals surface area contributed by atoms with Crippen molar-refractivity contribution in [3.05, 3.63) is 52.1 Å². The Labute approximate surface area is 139 Å². The fourth-order valence-corrected chi connectivity index (χ4v) is 3.42. The van der Waals surface area contributed by atoms with Gasteiger partial charge >= 0.3 is 0 Å². The number of rotatable bonds is 0. The van der Waals surface area contributed by atoms with E-state index in [0.717, 1.165) is 10.9 Å². The van der Waals surface area contributed by atoms with Gasteiger partial charge in [0.05, 0.1) is 0 Å². The van der Waals surface area contributed by atoms with Gasteiger partial charge in [-0.2, -0.15) is 0 Å². The number of hydrogen-bond donors (Lipinski definition) is 0. The molecule has 0 N–H and O–H groups in total. The Morgan fingerprint density at radius 2 is 1.48 bits per heavy atom. The molecular formula is C22H26O. The van der Waals surface area contributed by atoms with Gasteiger partial charge in [0.2, 0.25) is 0 Å². The first-order valence-corrected chi connectivity index (χ1v) is 8.35. The quantitative estimate of drug-likeness (QED) is 0.587. The summed E-state index contributed by atoms with van der Waals surface area (Å²) in [5, 5.41) is 2.35. The highest BCUT2D eigenvalue weighted by molar-refractivity contribution is 6.21. The second-order valence-corrected chi connectivity index (χ2v) is 8.80. The molecule has 3 rings (SSSR count). The molecule has 1 aliphatic carbocycles. The molecule has 0 atom stereocenters. The van der Waals surface area contributed by atoms with Gasteiger partial charge in [-0.05, 0) is 57.5 Å². The molecule has 2 aromatic rings. The van der Waals surface area contributed by atoms with Gasteiger partial charge in [0, 0.05) is 10.9 Å². The van der Waals surface area contributed by atoms with Crippen LogP contribution in [0, 0.1) is 6.92 Å². The summed E-state index contributed by atoms with van der Waals surface area (Å²) in [4.78, 5) is 12.5. The standard InChI is InChI=1S/C22H26O/c1-13-10-18(22(5,6)7)15-8-9-19(23)17-12-14(21(2,3)4)11-16(13)20(15)17/h8-12H,1-7H3. The molecule has 0 aromatic heterocycles. The van der Waals surface area contributed by atoms with Crippen LogP contribution in [0.3, 0.4) is 0 Å². The van der Waals surface area contributed by atoms with Crippen LogP contribution in [-0.2, 0) is 10.8 Å². The van der Waals surface area contributed by atoms with E-state index in [1.54, 1.807) is 6.08 Å². The lowest BCUT2D eigenvalue weighted by atomic mass is 9.76. The van der Waals surface area contributed by atoms with Crippen molar-refractivity contribution in [2.45, 2.75) is 59.3 Å². The van der Waals surface area contributed by atoms with Crippen LogP contribution in [0.5, 0.6) is 0 Å². The Hall–Kier alpha value is -1.89. The average molecular weight is 306 g/mol. The molecule has 0 bridgehead atoms. The van der Waals surface area contributed by atoms with E-state index in [-0.39, 0.29) is 16.6 Å². The van der Waals surface area contributed by atoms with Crippen LogP contribution in [0.15, 0.2) is 24.3 Å². The first-order valence-electron chi connectivity index (χ1n) is 8.35. The monoisotopic (exact) mass is 306 g/mol. The van der Waals surface area contributed by atoms with Crippen LogP contribution in [0.4, 0.5) is 0 Å². The maximum atomic E-state index is 12.5. The Balaban J connectivity index is 2.50. The molecule has 2 aromatic carbocycles. The molecule has 0 aliphatic heterocycles. The molecule has 0 spiro atoms. The largest absolute Gasteiger partial charge is 0.289 e. The first kappa shape index (κ1) is 16.0. The number of allylic oxidation sites excluding steroid dienone is 1. The highest BCUT2D eigenvalue weighted by Crippen LogP contribution is 2.40. The van der Waals surface area contributed by atoms with Gasteiger partial charge in [0.1, 0.15) is 0 Å². The van der Waals surface area contributed by atoms with E-state index in [9.17, 15) is 4.79 Å². The van der Waals surface area contributed by atoms with Gasteiger partial charge in [-0.15, -0.1) is 0 Å². The van der Waals surface area contributed by atoms with E-state index in [4.69, 9.17) is 0 Å². The van der Waals surface area contributed by atoms with Crippen molar-refractivity contribution < 1.29 is 4.79 Å². The number of benzene rings is 2. The lowest BCUT2D eigenvalue weighted by Crippen LogP contribution is -2.17. The lowest BCUT2D eigenvalue weighted by molar-refractivity contribution is 0.104. The number of carbonyl (C=O) groups excluding carboxylic acids is 1. The van der Waals surface area contributed by atoms with Crippen molar-refractivity contribution in [1.29, 1.82) is 0 Å². The molecule has 0 heterocycles. The van der Waals surface area contributed by atoms with Gasteiger partial charge < -0.3 is 0 Å². The minimum Gasteiger partial charge on any atom is -0.289 e. The minimum atomic E-state index is 0.0292. The predicted molar refractivity (Wildman–Crippen MR) is 99.4 cm³/mol. The highest BCUT2D eigenvalue weighted by Gasteiger charge is 2.26. The number of carbonyl (C=O) groups is 1. The van der Waals surface area contributed by atoms with E-state index >= 15 is 0 Å². The van der Waals surface area contributed by atoms with Crippen LogP contribution in [0.1, 0.15) is 74.2 Å². The van der Waals surface area contributed by atoms with Crippen LogP contribution >= 0.6 is 0 Å². The third kappa shape index (κ3) is 2.52. The van der Waals surface area contributed by atoms with Crippen molar-refractivity contribution in [1.82, 2.24) is 0 Å². The normalized spacial score (nSPS) is 14.7. The Kier molecular flexibility index (Phi) is 3.34. The Morgan fingerprint density at radius 3 is 2.04 bits per heavy atom. The van der Waals surface area contributed by atoms with Crippen molar-refractivity contribution in [2.75, 3.05) is 0 Å². The van der Waals surface area contributed by atoms with E-state index in [0.29, 0.717) is 0 Å². The van der Waals surface area contributed by atoms with Gasteiger partial charge in [-0.25, -0.2) is 0 Å². The molecule has 23 heavy (non-hydrogen) atoms. The number of hydrogen-bond acceptors (Lipinski definition) is 1. The van der Waals surface area contributed by atoms with Crippen LogP contribution < -0.4 is 0 Å². The Bertz CT molecular complexity index is 852. The van der Waals surface area contributed by atoms with E-state index in [1.807, 2.05) is 6.08 Å². The highest BCUT2D eigenvalue weighted by atomic mass is 16.1. The van der Waals surface area contributed by atoms with Gasteiger partial charge in [-0.1, -0.05) is 59.8 Å². The molecule has 1 aliphatic rings.